The van der Waals surface area contributed by atoms with Gasteiger partial charge in [-0.25, -0.2) is 15.0 Å². The minimum absolute atomic E-state index is 0.567. The molecule has 0 saturated carbocycles. The normalized spacial score (nSPS) is 10.5. The molecule has 0 aliphatic carbocycles. The molecule has 0 saturated heterocycles. The standard InChI is InChI=1S/C20H24N6/c1-3-25(4-2)19-18(21)20(24-15-23-19)26(17-12-8-9-13-22-17)14-16-10-6-5-7-11-16/h5-13,15H,3-4,14,21H2,1-2H3. The number of anilines is 4. The summed E-state index contributed by atoms with van der Waals surface area (Å²) in [6.45, 7) is 6.46. The Bertz CT molecular complexity index is 818. The summed E-state index contributed by atoms with van der Waals surface area (Å²) in [5, 5.41) is 0. The van der Waals surface area contributed by atoms with E-state index in [1.165, 1.54) is 0 Å². The monoisotopic (exact) mass is 348 g/mol. The highest BCUT2D eigenvalue weighted by molar-refractivity contribution is 5.78. The van der Waals surface area contributed by atoms with E-state index in [2.05, 4.69) is 45.8 Å². The zero-order chi connectivity index (χ0) is 18.4. The van der Waals surface area contributed by atoms with Gasteiger partial charge in [-0.1, -0.05) is 36.4 Å². The van der Waals surface area contributed by atoms with E-state index in [9.17, 15) is 0 Å². The topological polar surface area (TPSA) is 71.2 Å². The molecule has 3 aromatic rings. The Morgan fingerprint density at radius 1 is 0.846 bits per heavy atom. The largest absolute Gasteiger partial charge is 0.393 e. The molecule has 0 aliphatic rings. The molecule has 1 aromatic carbocycles. The average Bonchev–Trinajstić information content (AvgIpc) is 2.70. The first kappa shape index (κ1) is 17.7. The molecule has 0 radical (unpaired) electrons. The fraction of sp³-hybridized carbons (Fsp3) is 0.250. The lowest BCUT2D eigenvalue weighted by Gasteiger charge is -2.27. The number of rotatable bonds is 7. The van der Waals surface area contributed by atoms with Crippen LogP contribution in [-0.4, -0.2) is 28.0 Å². The smallest absolute Gasteiger partial charge is 0.163 e. The maximum Gasteiger partial charge on any atom is 0.163 e. The van der Waals surface area contributed by atoms with Crippen molar-refractivity contribution >= 4 is 23.1 Å². The molecule has 0 fully saturated rings. The summed E-state index contributed by atoms with van der Waals surface area (Å²) in [5.41, 5.74) is 8.21. The number of nitrogen functional groups attached to an aromatic ring is 1. The number of benzene rings is 1. The van der Waals surface area contributed by atoms with Gasteiger partial charge in [-0.3, -0.25) is 0 Å². The maximum absolute atomic E-state index is 6.49. The summed E-state index contributed by atoms with van der Waals surface area (Å²) < 4.78 is 0. The lowest BCUT2D eigenvalue weighted by molar-refractivity contribution is 0.838. The predicted octanol–water partition coefficient (Wildman–Crippen LogP) is 3.64. The first-order valence-corrected chi connectivity index (χ1v) is 8.82. The number of nitrogens with zero attached hydrogens (tertiary/aromatic N) is 5. The lowest BCUT2D eigenvalue weighted by Crippen LogP contribution is -2.26. The van der Waals surface area contributed by atoms with E-state index < -0.39 is 0 Å². The van der Waals surface area contributed by atoms with Crippen molar-refractivity contribution in [1.29, 1.82) is 0 Å². The van der Waals surface area contributed by atoms with Crippen molar-refractivity contribution < 1.29 is 0 Å². The van der Waals surface area contributed by atoms with Crippen LogP contribution < -0.4 is 15.5 Å². The lowest BCUT2D eigenvalue weighted by atomic mass is 10.2. The first-order valence-electron chi connectivity index (χ1n) is 8.82. The Labute approximate surface area is 154 Å². The summed E-state index contributed by atoms with van der Waals surface area (Å²) in [6.07, 6.45) is 3.34. The van der Waals surface area contributed by atoms with Crippen LogP contribution in [0.3, 0.4) is 0 Å². The third kappa shape index (κ3) is 3.74. The van der Waals surface area contributed by atoms with Gasteiger partial charge in [0.25, 0.3) is 0 Å². The second-order valence-electron chi connectivity index (χ2n) is 5.87. The van der Waals surface area contributed by atoms with E-state index in [0.717, 1.165) is 30.3 Å². The van der Waals surface area contributed by atoms with Crippen LogP contribution in [0.15, 0.2) is 61.1 Å². The molecule has 6 nitrogen and oxygen atoms in total. The minimum atomic E-state index is 0.567. The van der Waals surface area contributed by atoms with Crippen LogP contribution in [0.25, 0.3) is 0 Å². The molecular formula is C20H24N6. The van der Waals surface area contributed by atoms with Gasteiger partial charge in [0.05, 0.1) is 6.54 Å². The van der Waals surface area contributed by atoms with E-state index in [0.29, 0.717) is 18.1 Å². The molecular weight excluding hydrogens is 324 g/mol. The van der Waals surface area contributed by atoms with Gasteiger partial charge in [0.15, 0.2) is 11.6 Å². The van der Waals surface area contributed by atoms with E-state index in [1.54, 1.807) is 12.5 Å². The van der Waals surface area contributed by atoms with Gasteiger partial charge in [-0.2, -0.15) is 0 Å². The molecule has 0 bridgehead atoms. The Balaban J connectivity index is 2.06. The van der Waals surface area contributed by atoms with Crippen LogP contribution in [0.4, 0.5) is 23.1 Å². The molecule has 2 heterocycles. The molecule has 2 aromatic heterocycles. The van der Waals surface area contributed by atoms with Crippen LogP contribution >= 0.6 is 0 Å². The Morgan fingerprint density at radius 3 is 2.19 bits per heavy atom. The third-order valence-corrected chi connectivity index (χ3v) is 4.27. The van der Waals surface area contributed by atoms with Gasteiger partial charge in [0.1, 0.15) is 17.8 Å². The summed E-state index contributed by atoms with van der Waals surface area (Å²) in [7, 11) is 0. The zero-order valence-electron chi connectivity index (χ0n) is 15.2. The predicted molar refractivity (Wildman–Crippen MR) is 107 cm³/mol. The van der Waals surface area contributed by atoms with E-state index in [-0.39, 0.29) is 0 Å². The SMILES string of the molecule is CCN(CC)c1ncnc(N(Cc2ccccc2)c2ccccn2)c1N. The van der Waals surface area contributed by atoms with E-state index in [1.807, 2.05) is 41.3 Å². The minimum Gasteiger partial charge on any atom is -0.393 e. The van der Waals surface area contributed by atoms with Gasteiger partial charge in [0.2, 0.25) is 0 Å². The molecule has 0 unspecified atom stereocenters. The summed E-state index contributed by atoms with van der Waals surface area (Å²) >= 11 is 0. The second-order valence-corrected chi connectivity index (χ2v) is 5.87. The summed E-state index contributed by atoms with van der Waals surface area (Å²) in [4.78, 5) is 17.5. The Kier molecular flexibility index (Phi) is 5.63. The summed E-state index contributed by atoms with van der Waals surface area (Å²) in [5.74, 6) is 2.23. The van der Waals surface area contributed by atoms with Gasteiger partial charge >= 0.3 is 0 Å². The Hall–Kier alpha value is -3.15. The highest BCUT2D eigenvalue weighted by Crippen LogP contribution is 2.33. The van der Waals surface area contributed by atoms with Crippen molar-refractivity contribution in [2.45, 2.75) is 20.4 Å². The van der Waals surface area contributed by atoms with Gasteiger partial charge in [-0.05, 0) is 31.5 Å². The molecule has 3 rings (SSSR count). The van der Waals surface area contributed by atoms with Crippen molar-refractivity contribution in [2.75, 3.05) is 28.6 Å². The van der Waals surface area contributed by atoms with E-state index >= 15 is 0 Å². The van der Waals surface area contributed by atoms with E-state index in [4.69, 9.17) is 5.73 Å². The first-order chi connectivity index (χ1) is 12.7. The van der Waals surface area contributed by atoms with Gasteiger partial charge in [0, 0.05) is 19.3 Å². The molecule has 0 spiro atoms. The fourth-order valence-corrected chi connectivity index (χ4v) is 2.91. The number of aromatic nitrogens is 3. The molecule has 2 N–H and O–H groups in total. The number of pyridine rings is 1. The zero-order valence-corrected chi connectivity index (χ0v) is 15.2. The number of hydrogen-bond donors (Lipinski definition) is 1. The van der Waals surface area contributed by atoms with Crippen molar-refractivity contribution in [2.24, 2.45) is 0 Å². The molecule has 26 heavy (non-hydrogen) atoms. The Morgan fingerprint density at radius 2 is 1.54 bits per heavy atom. The van der Waals surface area contributed by atoms with Crippen LogP contribution in [0.2, 0.25) is 0 Å². The average molecular weight is 348 g/mol. The van der Waals surface area contributed by atoms with Crippen LogP contribution in [0.5, 0.6) is 0 Å². The van der Waals surface area contributed by atoms with Crippen LogP contribution in [0, 0.1) is 0 Å². The number of hydrogen-bond acceptors (Lipinski definition) is 6. The quantitative estimate of drug-likeness (QED) is 0.703. The molecule has 6 heteroatoms. The van der Waals surface area contributed by atoms with Gasteiger partial charge < -0.3 is 15.5 Å². The highest BCUT2D eigenvalue weighted by Gasteiger charge is 2.20. The molecule has 134 valence electrons. The van der Waals surface area contributed by atoms with Crippen molar-refractivity contribution in [3.8, 4) is 0 Å². The maximum atomic E-state index is 6.49. The highest BCUT2D eigenvalue weighted by atomic mass is 15.3. The molecule has 0 amide bonds. The molecule has 0 aliphatic heterocycles. The van der Waals surface area contributed by atoms with Crippen molar-refractivity contribution in [1.82, 2.24) is 15.0 Å². The number of nitrogens with two attached hydrogens (primary N) is 1. The second kappa shape index (κ2) is 8.29. The fourth-order valence-electron chi connectivity index (χ4n) is 2.91. The van der Waals surface area contributed by atoms with Gasteiger partial charge in [-0.15, -0.1) is 0 Å². The molecule has 0 atom stereocenters. The summed E-state index contributed by atoms with van der Waals surface area (Å²) in [6, 6.07) is 16.0. The third-order valence-electron chi connectivity index (χ3n) is 4.27. The van der Waals surface area contributed by atoms with Crippen LogP contribution in [0.1, 0.15) is 19.4 Å². The van der Waals surface area contributed by atoms with Crippen LogP contribution in [-0.2, 0) is 6.54 Å². The van der Waals surface area contributed by atoms with Crippen molar-refractivity contribution in [3.63, 3.8) is 0 Å². The van der Waals surface area contributed by atoms with Crippen molar-refractivity contribution in [3.05, 3.63) is 66.6 Å².